The highest BCUT2D eigenvalue weighted by atomic mass is 16.5. The molecule has 4 rings (SSSR count). The zero-order chi connectivity index (χ0) is 19.0. The van der Waals surface area contributed by atoms with E-state index in [1.54, 1.807) is 6.07 Å². The molecule has 0 unspecified atom stereocenters. The number of hydrogen-bond acceptors (Lipinski definition) is 6. The fourth-order valence-corrected chi connectivity index (χ4v) is 4.00. The largest absolute Gasteiger partial charge is 0.508 e. The third-order valence-corrected chi connectivity index (χ3v) is 5.24. The summed E-state index contributed by atoms with van der Waals surface area (Å²) in [6, 6.07) is 7.38. The molecule has 2 aliphatic rings. The first-order valence-electron chi connectivity index (χ1n) is 9.51. The van der Waals surface area contributed by atoms with Crippen LogP contribution in [-0.4, -0.2) is 51.8 Å². The Morgan fingerprint density at radius 3 is 2.74 bits per heavy atom. The lowest BCUT2D eigenvalue weighted by Gasteiger charge is -2.36. The van der Waals surface area contributed by atoms with Crippen molar-refractivity contribution >= 4 is 5.95 Å². The van der Waals surface area contributed by atoms with E-state index >= 15 is 0 Å². The van der Waals surface area contributed by atoms with Gasteiger partial charge in [0.2, 0.25) is 5.95 Å². The predicted octanol–water partition coefficient (Wildman–Crippen LogP) is 1.65. The van der Waals surface area contributed by atoms with Crippen LogP contribution in [0.2, 0.25) is 0 Å². The smallest absolute Gasteiger partial charge is 0.255 e. The first-order chi connectivity index (χ1) is 13.0. The van der Waals surface area contributed by atoms with Crippen LogP contribution in [0.15, 0.2) is 29.1 Å². The topological polar surface area (TPSA) is 81.7 Å². The van der Waals surface area contributed by atoms with Crippen molar-refractivity contribution in [2.75, 3.05) is 24.5 Å². The predicted molar refractivity (Wildman–Crippen MR) is 103 cm³/mol. The number of aromatic amines is 1. The van der Waals surface area contributed by atoms with Crippen molar-refractivity contribution in [3.63, 3.8) is 0 Å². The number of nitrogens with zero attached hydrogens (tertiary/aromatic N) is 3. The van der Waals surface area contributed by atoms with Crippen molar-refractivity contribution < 1.29 is 9.84 Å². The summed E-state index contributed by atoms with van der Waals surface area (Å²) in [5, 5.41) is 10.0. The van der Waals surface area contributed by atoms with Gasteiger partial charge in [-0.3, -0.25) is 14.7 Å². The Morgan fingerprint density at radius 2 is 2.00 bits per heavy atom. The number of phenolic OH excluding ortho intramolecular Hbond substituents is 1. The normalized spacial score (nSPS) is 23.3. The molecule has 1 aromatic carbocycles. The van der Waals surface area contributed by atoms with Crippen LogP contribution in [0.25, 0.3) is 0 Å². The van der Waals surface area contributed by atoms with Gasteiger partial charge < -0.3 is 14.7 Å². The lowest BCUT2D eigenvalue weighted by molar-refractivity contribution is -0.00576. The van der Waals surface area contributed by atoms with Crippen LogP contribution in [0.3, 0.4) is 0 Å². The number of benzene rings is 1. The molecule has 0 aliphatic carbocycles. The Balaban J connectivity index is 1.56. The van der Waals surface area contributed by atoms with E-state index < -0.39 is 0 Å². The number of aromatic hydroxyl groups is 1. The van der Waals surface area contributed by atoms with E-state index in [4.69, 9.17) is 9.72 Å². The van der Waals surface area contributed by atoms with Crippen LogP contribution in [0, 0.1) is 0 Å². The van der Waals surface area contributed by atoms with Crippen molar-refractivity contribution in [1.29, 1.82) is 0 Å². The van der Waals surface area contributed by atoms with Crippen LogP contribution < -0.4 is 10.5 Å². The number of phenols is 1. The van der Waals surface area contributed by atoms with E-state index in [-0.39, 0.29) is 17.8 Å². The van der Waals surface area contributed by atoms with Crippen molar-refractivity contribution in [3.8, 4) is 5.75 Å². The van der Waals surface area contributed by atoms with Gasteiger partial charge in [0.05, 0.1) is 17.9 Å². The summed E-state index contributed by atoms with van der Waals surface area (Å²) in [5.74, 6) is 0.935. The molecule has 7 nitrogen and oxygen atoms in total. The highest BCUT2D eigenvalue weighted by Gasteiger charge is 2.27. The van der Waals surface area contributed by atoms with Gasteiger partial charge >= 0.3 is 0 Å². The number of rotatable bonds is 3. The minimum atomic E-state index is -0.0380. The molecule has 1 fully saturated rings. The molecule has 0 radical (unpaired) electrons. The SMILES string of the molecule is C[C@@H]1CN(c2nc3c(c(=O)[nH]2)CCN(Cc2ccccc2O)C3)C[C@H](C)O1. The molecule has 3 heterocycles. The summed E-state index contributed by atoms with van der Waals surface area (Å²) >= 11 is 0. The van der Waals surface area contributed by atoms with Gasteiger partial charge in [-0.15, -0.1) is 0 Å². The molecule has 0 spiro atoms. The molecule has 144 valence electrons. The highest BCUT2D eigenvalue weighted by molar-refractivity contribution is 5.36. The Labute approximate surface area is 158 Å². The van der Waals surface area contributed by atoms with Crippen LogP contribution in [0.5, 0.6) is 5.75 Å². The molecular weight excluding hydrogens is 344 g/mol. The monoisotopic (exact) mass is 370 g/mol. The molecule has 0 amide bonds. The number of para-hydroxylation sites is 1. The number of anilines is 1. The maximum atomic E-state index is 12.6. The van der Waals surface area contributed by atoms with Gasteiger partial charge in [-0.1, -0.05) is 18.2 Å². The zero-order valence-corrected chi connectivity index (χ0v) is 15.8. The lowest BCUT2D eigenvalue weighted by Crippen LogP contribution is -2.47. The van der Waals surface area contributed by atoms with Crippen molar-refractivity contribution in [2.24, 2.45) is 0 Å². The Hall–Kier alpha value is -2.38. The van der Waals surface area contributed by atoms with Gasteiger partial charge in [-0.2, -0.15) is 0 Å². The molecule has 7 heteroatoms. The van der Waals surface area contributed by atoms with Gasteiger partial charge in [0.15, 0.2) is 0 Å². The van der Waals surface area contributed by atoms with E-state index in [9.17, 15) is 9.90 Å². The van der Waals surface area contributed by atoms with Gasteiger partial charge in [0.1, 0.15) is 5.75 Å². The molecule has 2 aliphatic heterocycles. The molecule has 27 heavy (non-hydrogen) atoms. The molecule has 1 saturated heterocycles. The first-order valence-corrected chi connectivity index (χ1v) is 9.51. The molecule has 2 N–H and O–H groups in total. The summed E-state index contributed by atoms with van der Waals surface area (Å²) in [6.45, 7) is 7.52. The van der Waals surface area contributed by atoms with Crippen molar-refractivity contribution in [2.45, 2.75) is 45.6 Å². The Kier molecular flexibility index (Phi) is 4.88. The van der Waals surface area contributed by atoms with Gasteiger partial charge in [0, 0.05) is 43.9 Å². The number of morpholine rings is 1. The number of nitrogens with one attached hydrogen (secondary N) is 1. The van der Waals surface area contributed by atoms with Gasteiger partial charge in [-0.25, -0.2) is 4.98 Å². The summed E-state index contributed by atoms with van der Waals surface area (Å²) in [7, 11) is 0. The standard InChI is InChI=1S/C20H26N4O3/c1-13-9-24(10-14(2)27-13)20-21-17-12-23(8-7-16(17)19(26)22-20)11-15-5-3-4-6-18(15)25/h3-6,13-14,25H,7-12H2,1-2H3,(H,21,22,26)/t13-,14+. The van der Waals surface area contributed by atoms with Crippen LogP contribution in [0.4, 0.5) is 5.95 Å². The number of aromatic nitrogens is 2. The minimum Gasteiger partial charge on any atom is -0.508 e. The molecular formula is C20H26N4O3. The summed E-state index contributed by atoms with van der Waals surface area (Å²) in [6.07, 6.45) is 0.877. The number of fused-ring (bicyclic) bond motifs is 1. The molecule has 2 aromatic rings. The van der Waals surface area contributed by atoms with Crippen molar-refractivity contribution in [3.05, 3.63) is 51.4 Å². The van der Waals surface area contributed by atoms with Crippen LogP contribution in [-0.2, 0) is 24.2 Å². The molecule has 2 atom stereocenters. The van der Waals surface area contributed by atoms with Crippen LogP contribution >= 0.6 is 0 Å². The van der Waals surface area contributed by atoms with Gasteiger partial charge in [0.25, 0.3) is 5.56 Å². The lowest BCUT2D eigenvalue weighted by atomic mass is 10.1. The minimum absolute atomic E-state index is 0.0380. The van der Waals surface area contributed by atoms with E-state index in [0.717, 1.165) is 23.4 Å². The quantitative estimate of drug-likeness (QED) is 0.855. The average Bonchev–Trinajstić information content (AvgIpc) is 2.62. The third kappa shape index (κ3) is 3.84. The summed E-state index contributed by atoms with van der Waals surface area (Å²) in [5.41, 5.74) is 2.47. The fraction of sp³-hybridized carbons (Fsp3) is 0.500. The Morgan fingerprint density at radius 1 is 1.26 bits per heavy atom. The van der Waals surface area contributed by atoms with E-state index in [2.05, 4.69) is 14.8 Å². The molecule has 1 aromatic heterocycles. The maximum Gasteiger partial charge on any atom is 0.255 e. The van der Waals surface area contributed by atoms with E-state index in [0.29, 0.717) is 44.3 Å². The Bertz CT molecular complexity index is 872. The van der Waals surface area contributed by atoms with Crippen molar-refractivity contribution in [1.82, 2.24) is 14.9 Å². The molecule has 0 saturated carbocycles. The number of ether oxygens (including phenoxy) is 1. The number of H-pyrrole nitrogens is 1. The van der Waals surface area contributed by atoms with E-state index in [1.807, 2.05) is 32.0 Å². The average molecular weight is 370 g/mol. The second-order valence-electron chi connectivity index (χ2n) is 7.57. The fourth-order valence-electron chi connectivity index (χ4n) is 4.00. The second kappa shape index (κ2) is 7.32. The summed E-state index contributed by atoms with van der Waals surface area (Å²) in [4.78, 5) is 24.7. The van der Waals surface area contributed by atoms with Gasteiger partial charge in [-0.05, 0) is 26.3 Å². The highest BCUT2D eigenvalue weighted by Crippen LogP contribution is 2.23. The third-order valence-electron chi connectivity index (χ3n) is 5.24. The first kappa shape index (κ1) is 18.0. The number of hydrogen-bond donors (Lipinski definition) is 2. The zero-order valence-electron chi connectivity index (χ0n) is 15.8. The van der Waals surface area contributed by atoms with Crippen LogP contribution in [0.1, 0.15) is 30.7 Å². The maximum absolute atomic E-state index is 12.6. The summed E-state index contributed by atoms with van der Waals surface area (Å²) < 4.78 is 5.78. The second-order valence-corrected chi connectivity index (χ2v) is 7.57. The molecule has 0 bridgehead atoms. The van der Waals surface area contributed by atoms with E-state index in [1.165, 1.54) is 0 Å².